The summed E-state index contributed by atoms with van der Waals surface area (Å²) in [5.41, 5.74) is 1.27. The van der Waals surface area contributed by atoms with E-state index in [9.17, 15) is 0 Å². The number of nitrogens with one attached hydrogen (secondary N) is 2. The topological polar surface area (TPSA) is 52.1 Å². The number of aliphatic imine (C=N–C) groups is 1. The molecule has 1 fully saturated rings. The standard InChI is InChI=1S/C19H33N5O/c1-20-19(22-11-13-24-14-16-25-17-15-24)21-10-6-7-12-23(2)18-8-4-3-5-9-18/h3-5,8-9H,6-7,10-17H2,1-2H3,(H2,20,21,22). The lowest BCUT2D eigenvalue weighted by molar-refractivity contribution is 0.0389. The van der Waals surface area contributed by atoms with Crippen LogP contribution in [0.4, 0.5) is 5.69 Å². The quantitative estimate of drug-likeness (QED) is 0.402. The summed E-state index contributed by atoms with van der Waals surface area (Å²) in [7, 11) is 3.97. The van der Waals surface area contributed by atoms with Gasteiger partial charge in [0.2, 0.25) is 0 Å². The van der Waals surface area contributed by atoms with Gasteiger partial charge in [-0.3, -0.25) is 9.89 Å². The van der Waals surface area contributed by atoms with Gasteiger partial charge in [-0.2, -0.15) is 0 Å². The van der Waals surface area contributed by atoms with Gasteiger partial charge in [-0.15, -0.1) is 0 Å². The molecule has 1 aliphatic heterocycles. The smallest absolute Gasteiger partial charge is 0.191 e. The number of guanidine groups is 1. The third-order valence-corrected chi connectivity index (χ3v) is 4.46. The minimum atomic E-state index is 0.852. The zero-order chi connectivity index (χ0) is 17.7. The van der Waals surface area contributed by atoms with Gasteiger partial charge in [0.15, 0.2) is 5.96 Å². The first kappa shape index (κ1) is 19.5. The Morgan fingerprint density at radius 2 is 1.84 bits per heavy atom. The Hall–Kier alpha value is -1.79. The van der Waals surface area contributed by atoms with Crippen molar-refractivity contribution in [3.05, 3.63) is 30.3 Å². The largest absolute Gasteiger partial charge is 0.379 e. The van der Waals surface area contributed by atoms with Crippen LogP contribution in [0, 0.1) is 0 Å². The molecule has 140 valence electrons. The Morgan fingerprint density at radius 1 is 1.12 bits per heavy atom. The average molecular weight is 348 g/mol. The number of morpholine rings is 1. The number of hydrogen-bond acceptors (Lipinski definition) is 4. The fourth-order valence-corrected chi connectivity index (χ4v) is 2.87. The molecule has 1 aliphatic rings. The van der Waals surface area contributed by atoms with Crippen molar-refractivity contribution in [3.8, 4) is 0 Å². The van der Waals surface area contributed by atoms with Gasteiger partial charge in [0.1, 0.15) is 0 Å². The normalized spacial score (nSPS) is 15.8. The number of anilines is 1. The van der Waals surface area contributed by atoms with Crippen LogP contribution in [0.2, 0.25) is 0 Å². The number of benzene rings is 1. The summed E-state index contributed by atoms with van der Waals surface area (Å²) in [6.45, 7) is 7.72. The van der Waals surface area contributed by atoms with E-state index in [2.05, 4.69) is 62.8 Å². The molecular weight excluding hydrogens is 314 g/mol. The molecule has 0 bridgehead atoms. The summed E-state index contributed by atoms with van der Waals surface area (Å²) in [5, 5.41) is 6.79. The molecule has 6 nitrogen and oxygen atoms in total. The van der Waals surface area contributed by atoms with Crippen molar-refractivity contribution in [2.24, 2.45) is 4.99 Å². The lowest BCUT2D eigenvalue weighted by Gasteiger charge is -2.26. The van der Waals surface area contributed by atoms with Crippen molar-refractivity contribution in [1.82, 2.24) is 15.5 Å². The van der Waals surface area contributed by atoms with Gasteiger partial charge in [-0.25, -0.2) is 0 Å². The second-order valence-electron chi connectivity index (χ2n) is 6.34. The zero-order valence-electron chi connectivity index (χ0n) is 15.7. The maximum atomic E-state index is 5.37. The highest BCUT2D eigenvalue weighted by Crippen LogP contribution is 2.11. The van der Waals surface area contributed by atoms with Gasteiger partial charge in [0.25, 0.3) is 0 Å². The van der Waals surface area contributed by atoms with Crippen LogP contribution in [-0.2, 0) is 4.74 Å². The van der Waals surface area contributed by atoms with Gasteiger partial charge in [0, 0.05) is 59.1 Å². The second kappa shape index (κ2) is 11.7. The van der Waals surface area contributed by atoms with Gasteiger partial charge >= 0.3 is 0 Å². The molecule has 1 aromatic rings. The first-order valence-corrected chi connectivity index (χ1v) is 9.30. The lowest BCUT2D eigenvalue weighted by atomic mass is 10.2. The van der Waals surface area contributed by atoms with Crippen molar-refractivity contribution in [1.29, 1.82) is 0 Å². The average Bonchev–Trinajstić information content (AvgIpc) is 2.67. The summed E-state index contributed by atoms with van der Waals surface area (Å²) in [4.78, 5) is 9.01. The van der Waals surface area contributed by atoms with Crippen LogP contribution >= 0.6 is 0 Å². The summed E-state index contributed by atoms with van der Waals surface area (Å²) < 4.78 is 5.37. The molecule has 0 aliphatic carbocycles. The van der Waals surface area contributed by atoms with E-state index in [0.717, 1.165) is 71.3 Å². The molecule has 25 heavy (non-hydrogen) atoms. The van der Waals surface area contributed by atoms with Crippen LogP contribution in [0.25, 0.3) is 0 Å². The molecule has 0 atom stereocenters. The lowest BCUT2D eigenvalue weighted by Crippen LogP contribution is -2.44. The monoisotopic (exact) mass is 347 g/mol. The van der Waals surface area contributed by atoms with Crippen molar-refractivity contribution in [2.75, 3.05) is 71.5 Å². The minimum Gasteiger partial charge on any atom is -0.379 e. The second-order valence-corrected chi connectivity index (χ2v) is 6.34. The summed E-state index contributed by atoms with van der Waals surface area (Å²) >= 11 is 0. The van der Waals surface area contributed by atoms with Crippen LogP contribution in [0.5, 0.6) is 0 Å². The Morgan fingerprint density at radius 3 is 2.56 bits per heavy atom. The Balaban J connectivity index is 1.52. The number of hydrogen-bond donors (Lipinski definition) is 2. The molecule has 6 heteroatoms. The maximum absolute atomic E-state index is 5.37. The molecule has 0 spiro atoms. The van der Waals surface area contributed by atoms with E-state index < -0.39 is 0 Å². The Kier molecular flexibility index (Phi) is 9.15. The van der Waals surface area contributed by atoms with E-state index in [1.54, 1.807) is 0 Å². The third-order valence-electron chi connectivity index (χ3n) is 4.46. The summed E-state index contributed by atoms with van der Waals surface area (Å²) in [5.74, 6) is 0.893. The number of rotatable bonds is 9. The van der Waals surface area contributed by atoms with Gasteiger partial charge in [-0.1, -0.05) is 18.2 Å². The fraction of sp³-hybridized carbons (Fsp3) is 0.632. The molecule has 1 heterocycles. The van der Waals surface area contributed by atoms with E-state index in [4.69, 9.17) is 4.74 Å². The van der Waals surface area contributed by atoms with Crippen LogP contribution in [0.1, 0.15) is 12.8 Å². The van der Waals surface area contributed by atoms with Gasteiger partial charge in [-0.05, 0) is 25.0 Å². The zero-order valence-corrected chi connectivity index (χ0v) is 15.7. The van der Waals surface area contributed by atoms with Crippen LogP contribution in [0.3, 0.4) is 0 Å². The van der Waals surface area contributed by atoms with Gasteiger partial charge < -0.3 is 20.3 Å². The predicted octanol–water partition coefficient (Wildman–Crippen LogP) is 1.40. The molecule has 0 radical (unpaired) electrons. The minimum absolute atomic E-state index is 0.852. The molecular formula is C19H33N5O. The highest BCUT2D eigenvalue weighted by Gasteiger charge is 2.09. The molecule has 2 rings (SSSR count). The fourth-order valence-electron chi connectivity index (χ4n) is 2.87. The van der Waals surface area contributed by atoms with E-state index in [1.807, 2.05) is 7.05 Å². The van der Waals surface area contributed by atoms with Crippen molar-refractivity contribution in [3.63, 3.8) is 0 Å². The van der Waals surface area contributed by atoms with E-state index in [1.165, 1.54) is 5.69 Å². The van der Waals surface area contributed by atoms with Crippen molar-refractivity contribution >= 4 is 11.6 Å². The Bertz CT molecular complexity index is 488. The van der Waals surface area contributed by atoms with Gasteiger partial charge in [0.05, 0.1) is 13.2 Å². The highest BCUT2D eigenvalue weighted by atomic mass is 16.5. The van der Waals surface area contributed by atoms with Crippen molar-refractivity contribution in [2.45, 2.75) is 12.8 Å². The first-order chi connectivity index (χ1) is 12.3. The van der Waals surface area contributed by atoms with Crippen molar-refractivity contribution < 1.29 is 4.74 Å². The van der Waals surface area contributed by atoms with Crippen LogP contribution < -0.4 is 15.5 Å². The SMILES string of the molecule is CN=C(NCCCCN(C)c1ccccc1)NCCN1CCOCC1. The first-order valence-electron chi connectivity index (χ1n) is 9.30. The predicted molar refractivity (Wildman–Crippen MR) is 106 cm³/mol. The van der Waals surface area contributed by atoms with E-state index >= 15 is 0 Å². The molecule has 1 aromatic carbocycles. The number of para-hydroxylation sites is 1. The van der Waals surface area contributed by atoms with Crippen LogP contribution in [-0.4, -0.2) is 77.4 Å². The third kappa shape index (κ3) is 7.75. The number of nitrogens with zero attached hydrogens (tertiary/aromatic N) is 3. The summed E-state index contributed by atoms with van der Waals surface area (Å²) in [6.07, 6.45) is 2.28. The Labute approximate surface area is 152 Å². The van der Waals surface area contributed by atoms with E-state index in [-0.39, 0.29) is 0 Å². The number of ether oxygens (including phenoxy) is 1. The maximum Gasteiger partial charge on any atom is 0.191 e. The molecule has 2 N–H and O–H groups in total. The van der Waals surface area contributed by atoms with E-state index in [0.29, 0.717) is 0 Å². The molecule has 1 saturated heterocycles. The molecule has 0 aromatic heterocycles. The van der Waals surface area contributed by atoms with Crippen LogP contribution in [0.15, 0.2) is 35.3 Å². The molecule has 0 unspecified atom stereocenters. The number of unbranched alkanes of at least 4 members (excludes halogenated alkanes) is 1. The highest BCUT2D eigenvalue weighted by molar-refractivity contribution is 5.79. The molecule has 0 amide bonds. The summed E-state index contributed by atoms with van der Waals surface area (Å²) in [6, 6.07) is 10.5. The molecule has 0 saturated carbocycles.